The first-order valence-corrected chi connectivity index (χ1v) is 12.4. The molecule has 5 rings (SSSR count). The molecule has 35 heavy (non-hydrogen) atoms. The van der Waals surface area contributed by atoms with Crippen molar-refractivity contribution in [2.24, 2.45) is 11.3 Å². The lowest BCUT2D eigenvalue weighted by molar-refractivity contribution is -0.123. The van der Waals surface area contributed by atoms with E-state index in [1.165, 1.54) is 5.56 Å². The normalized spacial score (nSPS) is 18.9. The molecule has 1 amide bonds. The van der Waals surface area contributed by atoms with E-state index < -0.39 is 0 Å². The summed E-state index contributed by atoms with van der Waals surface area (Å²) in [6.07, 6.45) is 7.98. The van der Waals surface area contributed by atoms with Crippen LogP contribution >= 0.6 is 0 Å². The summed E-state index contributed by atoms with van der Waals surface area (Å²) in [4.78, 5) is 15.3. The predicted octanol–water partition coefficient (Wildman–Crippen LogP) is 3.85. The maximum Gasteiger partial charge on any atom is 0.223 e. The van der Waals surface area contributed by atoms with Gasteiger partial charge in [0.05, 0.1) is 20.4 Å². The average Bonchev–Trinajstić information content (AvgIpc) is 3.40. The van der Waals surface area contributed by atoms with Crippen LogP contribution in [0.1, 0.15) is 30.4 Å². The number of nitrogens with zero attached hydrogens (tertiary/aromatic N) is 3. The van der Waals surface area contributed by atoms with Crippen molar-refractivity contribution in [3.8, 4) is 17.2 Å². The predicted molar refractivity (Wildman–Crippen MR) is 135 cm³/mol. The third-order valence-corrected chi connectivity index (χ3v) is 7.62. The van der Waals surface area contributed by atoms with Gasteiger partial charge in [-0.05, 0) is 68.0 Å². The summed E-state index contributed by atoms with van der Waals surface area (Å²) >= 11 is 0. The molecule has 2 fully saturated rings. The fourth-order valence-corrected chi connectivity index (χ4v) is 5.43. The van der Waals surface area contributed by atoms with Crippen LogP contribution in [0.5, 0.6) is 11.5 Å². The SMILES string of the molecule is COc1ccccc1CCNC(=O)[C@H]1CC12CCN(Cc1cnn(-c3ccccc3OC)c1)CC2. The summed E-state index contributed by atoms with van der Waals surface area (Å²) in [5.74, 6) is 2.07. The number of methoxy groups -OCH3 is 2. The summed E-state index contributed by atoms with van der Waals surface area (Å²) < 4.78 is 12.8. The Morgan fingerprint density at radius 3 is 2.54 bits per heavy atom. The Bertz CT molecular complexity index is 1170. The molecular formula is C28H34N4O3. The summed E-state index contributed by atoms with van der Waals surface area (Å²) in [5.41, 5.74) is 3.46. The molecule has 1 atom stereocenters. The van der Waals surface area contributed by atoms with Gasteiger partial charge in [-0.1, -0.05) is 30.3 Å². The highest BCUT2D eigenvalue weighted by atomic mass is 16.5. The Kier molecular flexibility index (Phi) is 6.77. The van der Waals surface area contributed by atoms with Crippen molar-refractivity contribution in [1.29, 1.82) is 0 Å². The smallest absolute Gasteiger partial charge is 0.223 e. The number of aromatic nitrogens is 2. The third kappa shape index (κ3) is 5.05. The molecule has 7 heteroatoms. The minimum Gasteiger partial charge on any atom is -0.496 e. The molecule has 1 N–H and O–H groups in total. The van der Waals surface area contributed by atoms with E-state index in [1.807, 2.05) is 53.3 Å². The number of carbonyl (C=O) groups excluding carboxylic acids is 1. The third-order valence-electron chi connectivity index (χ3n) is 7.62. The molecule has 1 aliphatic carbocycles. The van der Waals surface area contributed by atoms with Crippen LogP contribution in [0, 0.1) is 11.3 Å². The first-order valence-electron chi connectivity index (χ1n) is 12.4. The molecule has 2 heterocycles. The Labute approximate surface area is 207 Å². The number of para-hydroxylation sites is 3. The number of amides is 1. The lowest BCUT2D eigenvalue weighted by Gasteiger charge is -2.32. The number of hydrogen-bond donors (Lipinski definition) is 1. The van der Waals surface area contributed by atoms with Crippen LogP contribution in [-0.4, -0.2) is 54.4 Å². The highest BCUT2D eigenvalue weighted by Crippen LogP contribution is 2.59. The lowest BCUT2D eigenvalue weighted by atomic mass is 9.90. The number of nitrogens with one attached hydrogen (secondary N) is 1. The molecule has 1 aliphatic heterocycles. The fourth-order valence-electron chi connectivity index (χ4n) is 5.43. The lowest BCUT2D eigenvalue weighted by Crippen LogP contribution is -2.37. The first-order chi connectivity index (χ1) is 17.1. The molecule has 0 unspecified atom stereocenters. The maximum atomic E-state index is 12.8. The molecule has 7 nitrogen and oxygen atoms in total. The van der Waals surface area contributed by atoms with Crippen LogP contribution in [0.3, 0.4) is 0 Å². The van der Waals surface area contributed by atoms with Crippen LogP contribution in [0.2, 0.25) is 0 Å². The zero-order valence-corrected chi connectivity index (χ0v) is 20.6. The molecule has 1 saturated carbocycles. The van der Waals surface area contributed by atoms with Gasteiger partial charge in [0.25, 0.3) is 0 Å². The number of likely N-dealkylation sites (tertiary alicyclic amines) is 1. The van der Waals surface area contributed by atoms with Gasteiger partial charge in [0.15, 0.2) is 0 Å². The average molecular weight is 475 g/mol. The minimum absolute atomic E-state index is 0.163. The second-order valence-corrected chi connectivity index (χ2v) is 9.71. The molecule has 1 saturated heterocycles. The van der Waals surface area contributed by atoms with E-state index >= 15 is 0 Å². The van der Waals surface area contributed by atoms with Crippen LogP contribution in [0.25, 0.3) is 5.69 Å². The number of piperidine rings is 1. The minimum atomic E-state index is 0.163. The van der Waals surface area contributed by atoms with Gasteiger partial charge in [-0.25, -0.2) is 4.68 Å². The maximum absolute atomic E-state index is 12.8. The van der Waals surface area contributed by atoms with Gasteiger partial charge in [-0.15, -0.1) is 0 Å². The van der Waals surface area contributed by atoms with Crippen LogP contribution < -0.4 is 14.8 Å². The Balaban J connectivity index is 1.09. The summed E-state index contributed by atoms with van der Waals surface area (Å²) in [6.45, 7) is 3.56. The van der Waals surface area contributed by atoms with Crippen molar-refractivity contribution in [2.75, 3.05) is 33.9 Å². The molecule has 184 valence electrons. The van der Waals surface area contributed by atoms with Gasteiger partial charge in [0.2, 0.25) is 5.91 Å². The Morgan fingerprint density at radius 2 is 1.77 bits per heavy atom. The van der Waals surface area contributed by atoms with Crippen molar-refractivity contribution >= 4 is 5.91 Å². The Morgan fingerprint density at radius 1 is 1.06 bits per heavy atom. The van der Waals surface area contributed by atoms with E-state index in [4.69, 9.17) is 9.47 Å². The summed E-state index contributed by atoms with van der Waals surface area (Å²) in [6, 6.07) is 15.9. The number of hydrogen-bond acceptors (Lipinski definition) is 5. The molecule has 0 radical (unpaired) electrons. The van der Waals surface area contributed by atoms with Gasteiger partial charge in [0.1, 0.15) is 17.2 Å². The number of carbonyl (C=O) groups is 1. The number of ether oxygens (including phenoxy) is 2. The van der Waals surface area contributed by atoms with Crippen molar-refractivity contribution < 1.29 is 14.3 Å². The van der Waals surface area contributed by atoms with Crippen molar-refractivity contribution in [3.63, 3.8) is 0 Å². The van der Waals surface area contributed by atoms with Crippen LogP contribution in [0.15, 0.2) is 60.9 Å². The molecule has 0 bridgehead atoms. The quantitative estimate of drug-likeness (QED) is 0.510. The van der Waals surface area contributed by atoms with E-state index in [-0.39, 0.29) is 17.2 Å². The molecule has 1 aromatic heterocycles. The summed E-state index contributed by atoms with van der Waals surface area (Å²) in [5, 5.41) is 7.71. The second kappa shape index (κ2) is 10.1. The zero-order valence-electron chi connectivity index (χ0n) is 20.6. The van der Waals surface area contributed by atoms with E-state index in [2.05, 4.69) is 27.6 Å². The standard InChI is InChI=1S/C28H34N4O3/c1-34-25-9-5-3-7-22(25)11-14-29-27(33)23-17-28(23)12-15-31(16-13-28)19-21-18-30-32(20-21)24-8-4-6-10-26(24)35-2/h3-10,18,20,23H,11-17,19H2,1-2H3,(H,29,33)/t23-/m1/s1. The number of rotatable bonds is 9. The highest BCUT2D eigenvalue weighted by Gasteiger charge is 2.58. The van der Waals surface area contributed by atoms with Crippen LogP contribution in [-0.2, 0) is 17.8 Å². The van der Waals surface area contributed by atoms with E-state index in [0.29, 0.717) is 6.54 Å². The van der Waals surface area contributed by atoms with Crippen molar-refractivity contribution in [2.45, 2.75) is 32.2 Å². The van der Waals surface area contributed by atoms with Crippen molar-refractivity contribution in [3.05, 3.63) is 72.1 Å². The van der Waals surface area contributed by atoms with Crippen LogP contribution in [0.4, 0.5) is 0 Å². The molecule has 1 spiro atoms. The largest absolute Gasteiger partial charge is 0.496 e. The van der Waals surface area contributed by atoms with Gasteiger partial charge in [-0.2, -0.15) is 5.10 Å². The monoisotopic (exact) mass is 474 g/mol. The highest BCUT2D eigenvalue weighted by molar-refractivity contribution is 5.82. The summed E-state index contributed by atoms with van der Waals surface area (Å²) in [7, 11) is 3.36. The molecule has 3 aromatic rings. The Hall–Kier alpha value is -3.32. The van der Waals surface area contributed by atoms with Gasteiger partial charge < -0.3 is 14.8 Å². The van der Waals surface area contributed by atoms with Gasteiger partial charge >= 0.3 is 0 Å². The van der Waals surface area contributed by atoms with Crippen molar-refractivity contribution in [1.82, 2.24) is 20.0 Å². The zero-order chi connectivity index (χ0) is 24.3. The fraction of sp³-hybridized carbons (Fsp3) is 0.429. The number of benzene rings is 2. The van der Waals surface area contributed by atoms with E-state index in [0.717, 1.165) is 68.1 Å². The topological polar surface area (TPSA) is 68.6 Å². The molecule has 2 aromatic carbocycles. The molecule has 2 aliphatic rings. The van der Waals surface area contributed by atoms with E-state index in [1.54, 1.807) is 14.2 Å². The first kappa shape index (κ1) is 23.4. The van der Waals surface area contributed by atoms with Gasteiger partial charge in [0, 0.05) is 30.8 Å². The van der Waals surface area contributed by atoms with Gasteiger partial charge in [-0.3, -0.25) is 9.69 Å². The second-order valence-electron chi connectivity index (χ2n) is 9.71. The molecular weight excluding hydrogens is 440 g/mol. The van der Waals surface area contributed by atoms with E-state index in [9.17, 15) is 4.79 Å².